The molecule has 1 saturated heterocycles. The van der Waals surface area contributed by atoms with Gasteiger partial charge >= 0.3 is 12.2 Å². The number of hydrogen-bond acceptors (Lipinski definition) is 5. The third-order valence-corrected chi connectivity index (χ3v) is 7.29. The Bertz CT molecular complexity index is 1190. The molecule has 0 radical (unpaired) electrons. The van der Waals surface area contributed by atoms with E-state index in [1.807, 2.05) is 26.0 Å². The molecule has 2 unspecified atom stereocenters. The Morgan fingerprint density at radius 2 is 1.80 bits per heavy atom. The number of aromatic hydroxyl groups is 1. The van der Waals surface area contributed by atoms with E-state index in [1.54, 1.807) is 48.1 Å². The number of methoxy groups -OCH3 is 1. The smallest absolute Gasteiger partial charge is 0.416 e. The average Bonchev–Trinajstić information content (AvgIpc) is 2.95. The third-order valence-electron chi connectivity index (χ3n) is 7.29. The molecule has 0 spiro atoms. The second-order valence-electron chi connectivity index (χ2n) is 9.96. The number of amides is 2. The molecule has 7 nitrogen and oxygen atoms in total. The standard InChI is InChI=1S/C31H40F3N3O4/c1-6-8-28(22(3)24-9-12-26(38)13-10-24)37(30(39)36-17-15-35(16-18-36)19-20-40-5)23(4)27-14-11-25(31(32,33)34)21-29(27)41-7-2/h6,8-14,21-22,28,38H,4,7,15-20H2,1-3,5H3/b8-6+. The summed E-state index contributed by atoms with van der Waals surface area (Å²) in [7, 11) is 1.65. The Kier molecular flexibility index (Phi) is 11.3. The van der Waals surface area contributed by atoms with Crippen molar-refractivity contribution in [1.29, 1.82) is 0 Å². The molecule has 0 aromatic heterocycles. The number of rotatable bonds is 11. The number of phenols is 1. The average molecular weight is 576 g/mol. The molecule has 0 saturated carbocycles. The van der Waals surface area contributed by atoms with Gasteiger partial charge in [-0.05, 0) is 49.7 Å². The van der Waals surface area contributed by atoms with Gasteiger partial charge in [-0.15, -0.1) is 0 Å². The van der Waals surface area contributed by atoms with E-state index in [0.29, 0.717) is 38.3 Å². The first-order valence-electron chi connectivity index (χ1n) is 13.8. The Hall–Kier alpha value is -3.50. The number of piperazine rings is 1. The molecule has 0 bridgehead atoms. The fourth-order valence-electron chi connectivity index (χ4n) is 4.95. The van der Waals surface area contributed by atoms with Crippen LogP contribution in [0.1, 0.15) is 43.4 Å². The van der Waals surface area contributed by atoms with Gasteiger partial charge in [-0.2, -0.15) is 13.2 Å². The minimum Gasteiger partial charge on any atom is -0.508 e. The van der Waals surface area contributed by atoms with Gasteiger partial charge in [0.2, 0.25) is 0 Å². The van der Waals surface area contributed by atoms with Gasteiger partial charge in [0, 0.05) is 57.0 Å². The summed E-state index contributed by atoms with van der Waals surface area (Å²) in [6.07, 6.45) is -0.821. The predicted molar refractivity (Wildman–Crippen MR) is 154 cm³/mol. The minimum absolute atomic E-state index is 0.00558. The summed E-state index contributed by atoms with van der Waals surface area (Å²) in [5.74, 6) is -0.121. The fourth-order valence-corrected chi connectivity index (χ4v) is 4.95. The van der Waals surface area contributed by atoms with Gasteiger partial charge < -0.3 is 19.5 Å². The number of phenolic OH excluding ortho intramolecular Hbond substituents is 1. The molecule has 41 heavy (non-hydrogen) atoms. The van der Waals surface area contributed by atoms with Crippen LogP contribution in [0.4, 0.5) is 18.0 Å². The molecule has 1 heterocycles. The highest BCUT2D eigenvalue weighted by molar-refractivity contribution is 5.87. The van der Waals surface area contributed by atoms with E-state index in [1.165, 1.54) is 6.07 Å². The van der Waals surface area contributed by atoms with Gasteiger partial charge in [-0.25, -0.2) is 4.79 Å². The fraction of sp³-hybridized carbons (Fsp3) is 0.452. The molecule has 2 aromatic carbocycles. The van der Waals surface area contributed by atoms with Crippen LogP contribution in [-0.2, 0) is 10.9 Å². The van der Waals surface area contributed by atoms with Crippen LogP contribution in [0.25, 0.3) is 5.70 Å². The lowest BCUT2D eigenvalue weighted by Crippen LogP contribution is -2.55. The molecular formula is C31H40F3N3O4. The number of alkyl halides is 3. The van der Waals surface area contributed by atoms with Crippen molar-refractivity contribution < 1.29 is 32.5 Å². The first kappa shape index (κ1) is 32.0. The lowest BCUT2D eigenvalue weighted by Gasteiger charge is -2.42. The maximum absolute atomic E-state index is 14.3. The summed E-state index contributed by atoms with van der Waals surface area (Å²) in [5, 5.41) is 9.82. The summed E-state index contributed by atoms with van der Waals surface area (Å²) in [6, 6.07) is 9.18. The van der Waals surface area contributed by atoms with Gasteiger partial charge in [-0.1, -0.05) is 37.8 Å². The second kappa shape index (κ2) is 14.4. The lowest BCUT2D eigenvalue weighted by atomic mass is 9.90. The van der Waals surface area contributed by atoms with Gasteiger partial charge in [0.1, 0.15) is 11.5 Å². The number of ether oxygens (including phenoxy) is 2. The van der Waals surface area contributed by atoms with E-state index in [-0.39, 0.29) is 35.8 Å². The van der Waals surface area contributed by atoms with Crippen LogP contribution >= 0.6 is 0 Å². The molecule has 0 aliphatic carbocycles. The number of benzene rings is 2. The highest BCUT2D eigenvalue weighted by Crippen LogP contribution is 2.38. The summed E-state index contributed by atoms with van der Waals surface area (Å²) >= 11 is 0. The van der Waals surface area contributed by atoms with Gasteiger partial charge in [0.05, 0.1) is 24.8 Å². The molecule has 1 N–H and O–H groups in total. The van der Waals surface area contributed by atoms with Crippen molar-refractivity contribution in [3.8, 4) is 11.5 Å². The Labute approximate surface area is 240 Å². The molecule has 2 aromatic rings. The molecule has 2 amide bonds. The number of allylic oxidation sites excluding steroid dienone is 1. The monoisotopic (exact) mass is 575 g/mol. The number of carbonyl (C=O) groups excluding carboxylic acids is 1. The van der Waals surface area contributed by atoms with Crippen molar-refractivity contribution in [2.75, 3.05) is 53.0 Å². The van der Waals surface area contributed by atoms with Crippen molar-refractivity contribution in [2.45, 2.75) is 38.9 Å². The van der Waals surface area contributed by atoms with Crippen LogP contribution in [-0.4, -0.2) is 84.9 Å². The lowest BCUT2D eigenvalue weighted by molar-refractivity contribution is -0.137. The van der Waals surface area contributed by atoms with E-state index in [2.05, 4.69) is 11.5 Å². The van der Waals surface area contributed by atoms with E-state index >= 15 is 0 Å². The Morgan fingerprint density at radius 3 is 2.37 bits per heavy atom. The SMILES string of the molecule is C=C(c1ccc(C(F)(F)F)cc1OCC)N(C(=O)N1CCN(CCOC)CC1)C(/C=C/C)C(C)c1ccc(O)cc1. The molecule has 1 aliphatic rings. The summed E-state index contributed by atoms with van der Waals surface area (Å²) in [4.78, 5) is 19.8. The normalized spacial score (nSPS) is 16.0. The Balaban J connectivity index is 2.06. The maximum Gasteiger partial charge on any atom is 0.416 e. The van der Waals surface area contributed by atoms with Crippen LogP contribution in [0, 0.1) is 0 Å². The largest absolute Gasteiger partial charge is 0.508 e. The third kappa shape index (κ3) is 8.04. The van der Waals surface area contributed by atoms with E-state index < -0.39 is 17.8 Å². The van der Waals surface area contributed by atoms with Crippen LogP contribution in [0.3, 0.4) is 0 Å². The summed E-state index contributed by atoms with van der Waals surface area (Å²) in [5.41, 5.74) is 0.574. The summed E-state index contributed by atoms with van der Waals surface area (Å²) in [6.45, 7) is 13.5. The van der Waals surface area contributed by atoms with Crippen molar-refractivity contribution in [3.05, 3.63) is 77.9 Å². The number of halogens is 3. The van der Waals surface area contributed by atoms with Crippen LogP contribution in [0.2, 0.25) is 0 Å². The zero-order chi connectivity index (χ0) is 30.2. The molecule has 10 heteroatoms. The van der Waals surface area contributed by atoms with Crippen molar-refractivity contribution in [2.24, 2.45) is 0 Å². The minimum atomic E-state index is -4.55. The molecule has 1 fully saturated rings. The Morgan fingerprint density at radius 1 is 1.15 bits per heavy atom. The highest BCUT2D eigenvalue weighted by atomic mass is 19.4. The molecule has 3 rings (SSSR count). The zero-order valence-corrected chi connectivity index (χ0v) is 24.2. The molecule has 1 aliphatic heterocycles. The topological polar surface area (TPSA) is 65.5 Å². The van der Waals surface area contributed by atoms with Crippen molar-refractivity contribution >= 4 is 11.7 Å². The highest BCUT2D eigenvalue weighted by Gasteiger charge is 2.36. The quantitative estimate of drug-likeness (QED) is 0.323. The van der Waals surface area contributed by atoms with Crippen molar-refractivity contribution in [1.82, 2.24) is 14.7 Å². The number of hydrogen-bond donors (Lipinski definition) is 1. The first-order chi connectivity index (χ1) is 19.5. The van der Waals surface area contributed by atoms with Gasteiger partial charge in [-0.3, -0.25) is 9.80 Å². The van der Waals surface area contributed by atoms with E-state index in [9.17, 15) is 23.1 Å². The molecule has 2 atom stereocenters. The molecular weight excluding hydrogens is 535 g/mol. The maximum atomic E-state index is 14.3. The number of urea groups is 1. The van der Waals surface area contributed by atoms with Crippen LogP contribution in [0.5, 0.6) is 11.5 Å². The van der Waals surface area contributed by atoms with Crippen LogP contribution < -0.4 is 4.74 Å². The van der Waals surface area contributed by atoms with E-state index in [4.69, 9.17) is 9.47 Å². The van der Waals surface area contributed by atoms with Gasteiger partial charge in [0.15, 0.2) is 0 Å². The second-order valence-corrected chi connectivity index (χ2v) is 9.96. The first-order valence-corrected chi connectivity index (χ1v) is 13.8. The van der Waals surface area contributed by atoms with Crippen molar-refractivity contribution in [3.63, 3.8) is 0 Å². The van der Waals surface area contributed by atoms with E-state index in [0.717, 1.165) is 24.2 Å². The van der Waals surface area contributed by atoms with Crippen LogP contribution in [0.15, 0.2) is 61.2 Å². The predicted octanol–water partition coefficient (Wildman–Crippen LogP) is 6.21. The number of carbonyl (C=O) groups is 1. The summed E-state index contributed by atoms with van der Waals surface area (Å²) < 4.78 is 51.5. The molecule has 224 valence electrons. The van der Waals surface area contributed by atoms with Gasteiger partial charge in [0.25, 0.3) is 0 Å². The zero-order valence-electron chi connectivity index (χ0n) is 24.2. The number of nitrogens with zero attached hydrogens (tertiary/aromatic N) is 3.